The van der Waals surface area contributed by atoms with Crippen LogP contribution in [0.15, 0.2) is 16.6 Å². The number of rotatable bonds is 2. The van der Waals surface area contributed by atoms with Crippen molar-refractivity contribution in [3.05, 3.63) is 28.0 Å². The molecule has 2 rings (SSSR count). The Labute approximate surface area is 113 Å². The molecular weight excluding hydrogens is 301 g/mol. The summed E-state index contributed by atoms with van der Waals surface area (Å²) in [6.07, 6.45) is 0. The van der Waals surface area contributed by atoms with Crippen molar-refractivity contribution in [3.63, 3.8) is 0 Å². The standard InChI is InChI=1S/C12H13BrFN3O/c1-6-7(13)4-8(14)12(18-3)11(6)9-5-10(15)17(2)16-9/h4-5H,15H2,1-3H3. The monoisotopic (exact) mass is 313 g/mol. The van der Waals surface area contributed by atoms with Crippen LogP contribution in [0.2, 0.25) is 0 Å². The van der Waals surface area contributed by atoms with Gasteiger partial charge in [0.05, 0.1) is 18.4 Å². The maximum atomic E-state index is 13.9. The van der Waals surface area contributed by atoms with Crippen LogP contribution in [0.1, 0.15) is 5.56 Å². The number of nitrogens with zero attached hydrogens (tertiary/aromatic N) is 2. The van der Waals surface area contributed by atoms with Crippen LogP contribution >= 0.6 is 15.9 Å². The van der Waals surface area contributed by atoms with Crippen molar-refractivity contribution in [2.24, 2.45) is 7.05 Å². The molecule has 6 heteroatoms. The number of nitrogens with two attached hydrogens (primary N) is 1. The minimum atomic E-state index is -0.436. The minimum absolute atomic E-state index is 0.175. The summed E-state index contributed by atoms with van der Waals surface area (Å²) in [6.45, 7) is 1.87. The number of methoxy groups -OCH3 is 1. The molecule has 0 saturated heterocycles. The predicted molar refractivity (Wildman–Crippen MR) is 72.0 cm³/mol. The summed E-state index contributed by atoms with van der Waals surface area (Å²) in [6, 6.07) is 3.07. The first-order valence-corrected chi connectivity index (χ1v) is 6.07. The van der Waals surface area contributed by atoms with Crippen molar-refractivity contribution in [2.75, 3.05) is 12.8 Å². The average Bonchev–Trinajstić information content (AvgIpc) is 2.63. The Kier molecular flexibility index (Phi) is 3.30. The van der Waals surface area contributed by atoms with Crippen LogP contribution in [-0.2, 0) is 7.05 Å². The van der Waals surface area contributed by atoms with Gasteiger partial charge in [-0.05, 0) is 18.6 Å². The Balaban J connectivity index is 2.76. The molecule has 0 saturated carbocycles. The van der Waals surface area contributed by atoms with Crippen molar-refractivity contribution in [1.29, 1.82) is 0 Å². The summed E-state index contributed by atoms with van der Waals surface area (Å²) in [5.74, 6) is 0.245. The summed E-state index contributed by atoms with van der Waals surface area (Å²) in [7, 11) is 3.16. The SMILES string of the molecule is COc1c(F)cc(Br)c(C)c1-c1cc(N)n(C)n1. The van der Waals surface area contributed by atoms with Crippen LogP contribution < -0.4 is 10.5 Å². The number of anilines is 1. The van der Waals surface area contributed by atoms with Crippen molar-refractivity contribution in [3.8, 4) is 17.0 Å². The Bertz CT molecular complexity index is 590. The van der Waals surface area contributed by atoms with E-state index in [1.165, 1.54) is 17.9 Å². The van der Waals surface area contributed by atoms with Crippen LogP contribution in [0.4, 0.5) is 10.2 Å². The average molecular weight is 314 g/mol. The van der Waals surface area contributed by atoms with Gasteiger partial charge in [-0.2, -0.15) is 5.10 Å². The van der Waals surface area contributed by atoms with Gasteiger partial charge < -0.3 is 10.5 Å². The van der Waals surface area contributed by atoms with Crippen LogP contribution in [0.3, 0.4) is 0 Å². The highest BCUT2D eigenvalue weighted by atomic mass is 79.9. The van der Waals surface area contributed by atoms with E-state index in [9.17, 15) is 4.39 Å². The van der Waals surface area contributed by atoms with Gasteiger partial charge in [-0.25, -0.2) is 4.39 Å². The third-order valence-electron chi connectivity index (χ3n) is 2.81. The number of hydrogen-bond acceptors (Lipinski definition) is 3. The molecule has 1 aromatic heterocycles. The van der Waals surface area contributed by atoms with Crippen LogP contribution in [0.25, 0.3) is 11.3 Å². The molecule has 0 bridgehead atoms. The van der Waals surface area contributed by atoms with Crippen LogP contribution in [0, 0.1) is 12.7 Å². The lowest BCUT2D eigenvalue weighted by Crippen LogP contribution is -1.98. The molecule has 0 fully saturated rings. The second-order valence-corrected chi connectivity index (χ2v) is 4.81. The van der Waals surface area contributed by atoms with Gasteiger partial charge in [0.1, 0.15) is 5.82 Å². The van der Waals surface area contributed by atoms with Gasteiger partial charge in [0.15, 0.2) is 11.6 Å². The number of hydrogen-bond donors (Lipinski definition) is 1. The van der Waals surface area contributed by atoms with Gasteiger partial charge >= 0.3 is 0 Å². The number of nitrogen functional groups attached to an aromatic ring is 1. The number of ether oxygens (including phenoxy) is 1. The third kappa shape index (κ3) is 1.96. The summed E-state index contributed by atoms with van der Waals surface area (Å²) in [5, 5.41) is 4.26. The fraction of sp³-hybridized carbons (Fsp3) is 0.250. The van der Waals surface area contributed by atoms with E-state index in [1.807, 2.05) is 6.92 Å². The molecule has 1 aromatic carbocycles. The zero-order valence-corrected chi connectivity index (χ0v) is 11.9. The highest BCUT2D eigenvalue weighted by Gasteiger charge is 2.19. The summed E-state index contributed by atoms with van der Waals surface area (Å²) in [5.41, 5.74) is 7.80. The van der Waals surface area contributed by atoms with E-state index < -0.39 is 5.82 Å². The van der Waals surface area contributed by atoms with Crippen LogP contribution in [0.5, 0.6) is 5.75 Å². The fourth-order valence-corrected chi connectivity index (χ4v) is 2.21. The summed E-state index contributed by atoms with van der Waals surface area (Å²) < 4.78 is 21.2. The van der Waals surface area contributed by atoms with E-state index in [0.29, 0.717) is 21.5 Å². The zero-order valence-electron chi connectivity index (χ0n) is 10.3. The first-order chi connectivity index (χ1) is 8.45. The molecule has 0 unspecified atom stereocenters. The second-order valence-electron chi connectivity index (χ2n) is 3.95. The molecule has 0 radical (unpaired) electrons. The Morgan fingerprint density at radius 3 is 2.61 bits per heavy atom. The largest absolute Gasteiger partial charge is 0.493 e. The van der Waals surface area contributed by atoms with Gasteiger partial charge in [-0.1, -0.05) is 15.9 Å². The lowest BCUT2D eigenvalue weighted by Gasteiger charge is -2.12. The Morgan fingerprint density at radius 2 is 2.11 bits per heavy atom. The van der Waals surface area contributed by atoms with E-state index in [0.717, 1.165) is 5.56 Å². The molecule has 0 aliphatic rings. The molecule has 4 nitrogen and oxygen atoms in total. The summed E-state index contributed by atoms with van der Waals surface area (Å²) >= 11 is 3.32. The van der Waals surface area contributed by atoms with E-state index in [4.69, 9.17) is 10.5 Å². The van der Waals surface area contributed by atoms with E-state index >= 15 is 0 Å². The molecule has 0 aliphatic carbocycles. The second kappa shape index (κ2) is 4.61. The smallest absolute Gasteiger partial charge is 0.166 e. The summed E-state index contributed by atoms with van der Waals surface area (Å²) in [4.78, 5) is 0. The maximum Gasteiger partial charge on any atom is 0.166 e. The Hall–Kier alpha value is -1.56. The van der Waals surface area contributed by atoms with Gasteiger partial charge in [-0.3, -0.25) is 4.68 Å². The van der Waals surface area contributed by atoms with E-state index in [-0.39, 0.29) is 5.75 Å². The molecule has 0 atom stereocenters. The van der Waals surface area contributed by atoms with Crippen molar-refractivity contribution in [1.82, 2.24) is 9.78 Å². The predicted octanol–water partition coefficient (Wildman–Crippen LogP) is 2.89. The molecule has 1 heterocycles. The molecule has 0 amide bonds. The number of aromatic nitrogens is 2. The molecular formula is C12H13BrFN3O. The third-order valence-corrected chi connectivity index (χ3v) is 3.63. The molecule has 2 aromatic rings. The number of benzene rings is 1. The highest BCUT2D eigenvalue weighted by Crippen LogP contribution is 2.38. The molecule has 18 heavy (non-hydrogen) atoms. The van der Waals surface area contributed by atoms with Crippen molar-refractivity contribution < 1.29 is 9.13 Å². The lowest BCUT2D eigenvalue weighted by molar-refractivity contribution is 0.387. The molecule has 96 valence electrons. The van der Waals surface area contributed by atoms with E-state index in [2.05, 4.69) is 21.0 Å². The van der Waals surface area contributed by atoms with Crippen molar-refractivity contribution in [2.45, 2.75) is 6.92 Å². The molecule has 0 aliphatic heterocycles. The quantitative estimate of drug-likeness (QED) is 0.927. The fourth-order valence-electron chi connectivity index (χ4n) is 1.81. The minimum Gasteiger partial charge on any atom is -0.493 e. The number of aryl methyl sites for hydroxylation is 1. The normalized spacial score (nSPS) is 10.7. The highest BCUT2D eigenvalue weighted by molar-refractivity contribution is 9.10. The van der Waals surface area contributed by atoms with Crippen molar-refractivity contribution >= 4 is 21.7 Å². The van der Waals surface area contributed by atoms with Gasteiger partial charge in [0, 0.05) is 17.6 Å². The van der Waals surface area contributed by atoms with Gasteiger partial charge in [-0.15, -0.1) is 0 Å². The lowest BCUT2D eigenvalue weighted by atomic mass is 10.0. The van der Waals surface area contributed by atoms with Crippen LogP contribution in [-0.4, -0.2) is 16.9 Å². The molecule has 0 spiro atoms. The zero-order chi connectivity index (χ0) is 13.4. The maximum absolute atomic E-state index is 13.9. The Morgan fingerprint density at radius 1 is 1.44 bits per heavy atom. The first kappa shape index (κ1) is 12.9. The molecule has 2 N–H and O–H groups in total. The number of halogens is 2. The van der Waals surface area contributed by atoms with Gasteiger partial charge in [0.2, 0.25) is 0 Å². The first-order valence-electron chi connectivity index (χ1n) is 5.28. The van der Waals surface area contributed by atoms with E-state index in [1.54, 1.807) is 13.1 Å². The van der Waals surface area contributed by atoms with Gasteiger partial charge in [0.25, 0.3) is 0 Å². The topological polar surface area (TPSA) is 53.1 Å².